The first-order valence-corrected chi connectivity index (χ1v) is 8.62. The van der Waals surface area contributed by atoms with Crippen molar-refractivity contribution in [3.05, 3.63) is 82.2 Å². The van der Waals surface area contributed by atoms with Gasteiger partial charge in [-0.15, -0.1) is 11.3 Å². The maximum absolute atomic E-state index is 10.5. The Balaban J connectivity index is 1.70. The lowest BCUT2D eigenvalue weighted by Gasteiger charge is -1.98. The molecular weight excluding hydrogens is 314 g/mol. The zero-order valence-corrected chi connectivity index (χ0v) is 13.5. The van der Waals surface area contributed by atoms with Gasteiger partial charge in [0.1, 0.15) is 5.75 Å². The minimum Gasteiger partial charge on any atom is -0.506 e. The topological polar surface area (TPSA) is 32.6 Å². The SMILES string of the molecule is Oc1c(C=c2ccc3c(c2)-c2ccccc2N=3)sc2ccccc12. The van der Waals surface area contributed by atoms with Gasteiger partial charge in [-0.05, 0) is 41.6 Å². The van der Waals surface area contributed by atoms with Crippen LogP contribution in [0.1, 0.15) is 4.88 Å². The number of benzene rings is 3. The normalized spacial score (nSPS) is 12.9. The average Bonchev–Trinajstić information content (AvgIpc) is 3.13. The molecule has 24 heavy (non-hydrogen) atoms. The fraction of sp³-hybridized carbons (Fsp3) is 0. The van der Waals surface area contributed by atoms with Crippen molar-refractivity contribution in [1.82, 2.24) is 0 Å². The van der Waals surface area contributed by atoms with Crippen LogP contribution in [-0.2, 0) is 0 Å². The molecule has 0 unspecified atom stereocenters. The predicted molar refractivity (Wildman–Crippen MR) is 99.4 cm³/mol. The maximum atomic E-state index is 10.5. The van der Waals surface area contributed by atoms with Gasteiger partial charge in [0, 0.05) is 21.2 Å². The molecule has 4 aromatic rings. The predicted octanol–water partition coefficient (Wildman–Crippen LogP) is 4.37. The van der Waals surface area contributed by atoms with Crippen LogP contribution in [-0.4, -0.2) is 5.11 Å². The van der Waals surface area contributed by atoms with Gasteiger partial charge in [0.25, 0.3) is 0 Å². The summed E-state index contributed by atoms with van der Waals surface area (Å²) < 4.78 is 1.10. The summed E-state index contributed by atoms with van der Waals surface area (Å²) >= 11 is 1.61. The van der Waals surface area contributed by atoms with E-state index in [1.807, 2.05) is 54.6 Å². The van der Waals surface area contributed by atoms with Crippen molar-refractivity contribution in [3.8, 4) is 16.9 Å². The van der Waals surface area contributed by atoms with Gasteiger partial charge >= 0.3 is 0 Å². The van der Waals surface area contributed by atoms with Crippen LogP contribution in [0, 0.1) is 0 Å². The highest BCUT2D eigenvalue weighted by atomic mass is 32.1. The van der Waals surface area contributed by atoms with E-state index in [0.717, 1.165) is 36.8 Å². The molecule has 5 rings (SSSR count). The van der Waals surface area contributed by atoms with E-state index in [1.54, 1.807) is 11.3 Å². The van der Waals surface area contributed by atoms with Crippen molar-refractivity contribution < 1.29 is 5.11 Å². The summed E-state index contributed by atoms with van der Waals surface area (Å²) in [6, 6.07) is 22.4. The van der Waals surface area contributed by atoms with Gasteiger partial charge in [-0.3, -0.25) is 0 Å². The first-order valence-electron chi connectivity index (χ1n) is 7.80. The molecule has 3 heteroatoms. The zero-order chi connectivity index (χ0) is 16.1. The number of aromatic hydroxyl groups is 1. The van der Waals surface area contributed by atoms with E-state index in [2.05, 4.69) is 23.2 Å². The molecule has 1 aliphatic rings. The zero-order valence-electron chi connectivity index (χ0n) is 12.7. The second-order valence-electron chi connectivity index (χ2n) is 5.86. The molecule has 0 saturated heterocycles. The quantitative estimate of drug-likeness (QED) is 0.487. The van der Waals surface area contributed by atoms with E-state index < -0.39 is 0 Å². The van der Waals surface area contributed by atoms with E-state index in [1.165, 1.54) is 5.56 Å². The first-order chi connectivity index (χ1) is 11.8. The number of para-hydroxylation sites is 1. The lowest BCUT2D eigenvalue weighted by atomic mass is 10.0. The van der Waals surface area contributed by atoms with Crippen molar-refractivity contribution >= 4 is 33.2 Å². The minimum absolute atomic E-state index is 0.362. The summed E-state index contributed by atoms with van der Waals surface area (Å²) in [5, 5.41) is 13.5. The van der Waals surface area contributed by atoms with Crippen LogP contribution in [0.25, 0.3) is 27.3 Å². The Kier molecular flexibility index (Phi) is 2.84. The largest absolute Gasteiger partial charge is 0.506 e. The molecule has 0 fully saturated rings. The molecule has 0 bridgehead atoms. The van der Waals surface area contributed by atoms with Crippen LogP contribution in [0.15, 0.2) is 71.7 Å². The van der Waals surface area contributed by atoms with Crippen LogP contribution in [0.3, 0.4) is 0 Å². The molecule has 2 nitrogen and oxygen atoms in total. The summed E-state index contributed by atoms with van der Waals surface area (Å²) in [5.74, 6) is 0.362. The summed E-state index contributed by atoms with van der Waals surface area (Å²) in [6.07, 6.45) is 2.04. The van der Waals surface area contributed by atoms with Crippen molar-refractivity contribution in [2.75, 3.05) is 0 Å². The third-order valence-corrected chi connectivity index (χ3v) is 5.46. The molecule has 0 amide bonds. The van der Waals surface area contributed by atoms with E-state index >= 15 is 0 Å². The van der Waals surface area contributed by atoms with Crippen LogP contribution < -0.4 is 10.6 Å². The number of fused-ring (bicyclic) bond motifs is 4. The molecule has 0 saturated carbocycles. The number of hydrogen-bond donors (Lipinski definition) is 1. The van der Waals surface area contributed by atoms with E-state index in [-0.39, 0.29) is 0 Å². The Hall–Kier alpha value is -2.91. The van der Waals surface area contributed by atoms with Crippen LogP contribution in [0.2, 0.25) is 0 Å². The van der Waals surface area contributed by atoms with Crippen LogP contribution in [0.4, 0.5) is 5.69 Å². The van der Waals surface area contributed by atoms with Gasteiger partial charge in [0.15, 0.2) is 0 Å². The molecule has 0 atom stereocenters. The molecular formula is C21H13NOS. The molecule has 3 aromatic carbocycles. The van der Waals surface area contributed by atoms with Crippen LogP contribution in [0.5, 0.6) is 5.75 Å². The lowest BCUT2D eigenvalue weighted by Crippen LogP contribution is -2.09. The van der Waals surface area contributed by atoms with E-state index in [4.69, 9.17) is 0 Å². The standard InChI is InChI=1S/C21H13NOS/c23-21-15-6-2-4-8-19(15)24-20(21)12-13-9-10-18-16(11-13)14-5-1-3-7-17(14)22-18/h1-12,23H. The lowest BCUT2D eigenvalue weighted by molar-refractivity contribution is 0.482. The van der Waals surface area contributed by atoms with E-state index in [0.29, 0.717) is 5.75 Å². The van der Waals surface area contributed by atoms with Crippen molar-refractivity contribution in [1.29, 1.82) is 0 Å². The molecule has 1 N–H and O–H groups in total. The smallest absolute Gasteiger partial charge is 0.141 e. The van der Waals surface area contributed by atoms with Gasteiger partial charge in [0.05, 0.1) is 15.9 Å². The number of hydrogen-bond acceptors (Lipinski definition) is 3. The summed E-state index contributed by atoms with van der Waals surface area (Å²) in [6.45, 7) is 0. The average molecular weight is 327 g/mol. The van der Waals surface area contributed by atoms with Crippen LogP contribution >= 0.6 is 11.3 Å². The Labute approximate surface area is 142 Å². The second kappa shape index (κ2) is 5.05. The van der Waals surface area contributed by atoms with Gasteiger partial charge in [-0.25, -0.2) is 4.99 Å². The van der Waals surface area contributed by atoms with Gasteiger partial charge in [0.2, 0.25) is 0 Å². The van der Waals surface area contributed by atoms with E-state index in [9.17, 15) is 5.11 Å². The van der Waals surface area contributed by atoms with Crippen molar-refractivity contribution in [2.45, 2.75) is 0 Å². The third kappa shape index (κ3) is 1.99. The minimum atomic E-state index is 0.362. The highest BCUT2D eigenvalue weighted by molar-refractivity contribution is 7.20. The third-order valence-electron chi connectivity index (χ3n) is 4.35. The molecule has 1 aromatic heterocycles. The summed E-state index contributed by atoms with van der Waals surface area (Å²) in [7, 11) is 0. The van der Waals surface area contributed by atoms with Gasteiger partial charge in [-0.1, -0.05) is 36.4 Å². The fourth-order valence-corrected chi connectivity index (χ4v) is 4.25. The first kappa shape index (κ1) is 13.5. The van der Waals surface area contributed by atoms with Gasteiger partial charge in [-0.2, -0.15) is 0 Å². The Morgan fingerprint density at radius 3 is 2.62 bits per heavy atom. The molecule has 0 aliphatic carbocycles. The number of nitrogens with zero attached hydrogens (tertiary/aromatic N) is 1. The number of thiophene rings is 1. The summed E-state index contributed by atoms with van der Waals surface area (Å²) in [5.41, 5.74) is 3.35. The highest BCUT2D eigenvalue weighted by Crippen LogP contribution is 2.37. The molecule has 0 radical (unpaired) electrons. The molecule has 1 aliphatic heterocycles. The Bertz CT molecular complexity index is 1220. The van der Waals surface area contributed by atoms with Gasteiger partial charge < -0.3 is 5.11 Å². The Morgan fingerprint density at radius 2 is 1.71 bits per heavy atom. The number of rotatable bonds is 1. The monoisotopic (exact) mass is 327 g/mol. The molecule has 0 spiro atoms. The molecule has 114 valence electrons. The fourth-order valence-electron chi connectivity index (χ4n) is 3.19. The van der Waals surface area contributed by atoms with Crippen molar-refractivity contribution in [3.63, 3.8) is 0 Å². The maximum Gasteiger partial charge on any atom is 0.141 e. The highest BCUT2D eigenvalue weighted by Gasteiger charge is 2.12. The summed E-state index contributed by atoms with van der Waals surface area (Å²) in [4.78, 5) is 5.54. The molecule has 2 heterocycles. The van der Waals surface area contributed by atoms with Crippen molar-refractivity contribution in [2.24, 2.45) is 4.99 Å². The Morgan fingerprint density at radius 1 is 0.875 bits per heavy atom. The second-order valence-corrected chi connectivity index (χ2v) is 6.94.